The Morgan fingerprint density at radius 1 is 0.694 bits per heavy atom. The van der Waals surface area contributed by atoms with E-state index in [0.717, 1.165) is 24.3 Å². The van der Waals surface area contributed by atoms with Crippen LogP contribution in [0.25, 0.3) is 10.8 Å². The van der Waals surface area contributed by atoms with Gasteiger partial charge >= 0.3 is 6.03 Å². The molecule has 5 aromatic carbocycles. The number of phenols is 1. The first kappa shape index (κ1) is 35.0. The number of hydrogen-bond acceptors (Lipinski definition) is 10. The van der Waals surface area contributed by atoms with Gasteiger partial charge in [-0.1, -0.05) is 29.3 Å². The molecule has 3 amide bonds. The number of hydrogen-bond donors (Lipinski definition) is 7. The van der Waals surface area contributed by atoms with E-state index in [1.165, 1.54) is 54.6 Å². The fraction of sp³-hybridized carbons (Fsp3) is 0. The molecular weight excluding hydrogens is 723 g/mol. The second kappa shape index (κ2) is 13.7. The van der Waals surface area contributed by atoms with Crippen molar-refractivity contribution in [3.63, 3.8) is 0 Å². The average Bonchev–Trinajstić information content (AvgIpc) is 3.02. The predicted octanol–water partition coefficient (Wildman–Crippen LogP) is 7.24. The molecule has 0 radical (unpaired) electrons. The maximum absolute atomic E-state index is 12.9. The van der Waals surface area contributed by atoms with E-state index in [0.29, 0.717) is 16.4 Å². The van der Waals surface area contributed by atoms with Crippen molar-refractivity contribution >= 4 is 100 Å². The van der Waals surface area contributed by atoms with Crippen molar-refractivity contribution in [1.29, 1.82) is 0 Å². The third kappa shape index (κ3) is 8.23. The molecule has 252 valence electrons. The second-order valence-corrected chi connectivity index (χ2v) is 13.7. The third-order valence-electron chi connectivity index (χ3n) is 6.71. The van der Waals surface area contributed by atoms with Gasteiger partial charge in [0, 0.05) is 28.7 Å². The number of fused-ring (bicyclic) bond motifs is 1. The molecule has 19 heteroatoms. The van der Waals surface area contributed by atoms with E-state index in [9.17, 15) is 40.6 Å². The Labute approximate surface area is 287 Å². The van der Waals surface area contributed by atoms with Crippen LogP contribution < -0.4 is 21.7 Å². The lowest BCUT2D eigenvalue weighted by molar-refractivity contribution is 0.102. The number of anilines is 4. The molecule has 0 unspecified atom stereocenters. The summed E-state index contributed by atoms with van der Waals surface area (Å²) in [4.78, 5) is 23.9. The van der Waals surface area contributed by atoms with Crippen LogP contribution in [0.1, 0.15) is 10.4 Å². The van der Waals surface area contributed by atoms with Crippen LogP contribution in [0.2, 0.25) is 10.0 Å². The smallest absolute Gasteiger partial charge is 0.323 e. The van der Waals surface area contributed by atoms with Crippen LogP contribution in [0.4, 0.5) is 38.9 Å². The summed E-state index contributed by atoms with van der Waals surface area (Å²) in [5.74, 6) is -1.28. The van der Waals surface area contributed by atoms with Crippen LogP contribution in [0.3, 0.4) is 0 Å². The second-order valence-electron chi connectivity index (χ2n) is 10.1. The number of phenolic OH excluding ortho intramolecular Hbond substituents is 1. The van der Waals surface area contributed by atoms with Gasteiger partial charge in [-0.3, -0.25) is 13.9 Å². The Bertz CT molecular complexity index is 2410. The highest BCUT2D eigenvalue weighted by molar-refractivity contribution is 7.86. The summed E-state index contributed by atoms with van der Waals surface area (Å²) in [6.45, 7) is 0. The minimum atomic E-state index is -4.93. The molecule has 0 aliphatic carbocycles. The largest absolute Gasteiger partial charge is 0.507 e. The zero-order valence-electron chi connectivity index (χ0n) is 24.4. The molecule has 8 N–H and O–H groups in total. The SMILES string of the molecule is Nc1ccc2cc(S(=O)(=O)O)cc(O)c2c1N=Nc1ccc(NC(=O)c2ccc(NC(=O)Nc3ccc(Cl)c(Cl)c3)cc2)cc1S(=O)(=O)O. The number of halogens is 2. The minimum absolute atomic E-state index is 0.0308. The Morgan fingerprint density at radius 3 is 1.98 bits per heavy atom. The van der Waals surface area contributed by atoms with Gasteiger partial charge in [0.1, 0.15) is 22.0 Å². The number of rotatable bonds is 8. The van der Waals surface area contributed by atoms with Crippen LogP contribution in [0, 0.1) is 0 Å². The van der Waals surface area contributed by atoms with Crippen molar-refractivity contribution in [3.8, 4) is 5.75 Å². The van der Waals surface area contributed by atoms with Crippen molar-refractivity contribution in [2.45, 2.75) is 9.79 Å². The molecule has 0 aliphatic heterocycles. The number of azo groups is 1. The molecule has 0 bridgehead atoms. The normalized spacial score (nSPS) is 11.8. The van der Waals surface area contributed by atoms with Crippen molar-refractivity contribution in [1.82, 2.24) is 0 Å². The molecule has 0 heterocycles. The summed E-state index contributed by atoms with van der Waals surface area (Å²) in [5.41, 5.74) is 6.26. The van der Waals surface area contributed by atoms with Crippen LogP contribution in [-0.4, -0.2) is 43.0 Å². The molecule has 0 saturated heterocycles. The molecule has 0 aromatic heterocycles. The van der Waals surface area contributed by atoms with E-state index >= 15 is 0 Å². The highest BCUT2D eigenvalue weighted by Gasteiger charge is 2.20. The molecule has 0 fully saturated rings. The highest BCUT2D eigenvalue weighted by atomic mass is 35.5. The lowest BCUT2D eigenvalue weighted by atomic mass is 10.1. The topological polar surface area (TPSA) is 250 Å². The molecule has 0 aliphatic rings. The Kier molecular flexibility index (Phi) is 9.77. The Morgan fingerprint density at radius 2 is 1.33 bits per heavy atom. The van der Waals surface area contributed by atoms with Gasteiger partial charge in [-0.05, 0) is 78.2 Å². The number of urea groups is 1. The average molecular weight is 746 g/mol. The van der Waals surface area contributed by atoms with Gasteiger partial charge in [-0.2, -0.15) is 16.8 Å². The van der Waals surface area contributed by atoms with Crippen LogP contribution in [0.15, 0.2) is 105 Å². The van der Waals surface area contributed by atoms with Gasteiger partial charge in [0.05, 0.1) is 26.0 Å². The summed E-state index contributed by atoms with van der Waals surface area (Å²) in [7, 11) is -9.59. The van der Waals surface area contributed by atoms with Crippen molar-refractivity contribution in [3.05, 3.63) is 101 Å². The Balaban J connectivity index is 1.34. The zero-order valence-corrected chi connectivity index (χ0v) is 27.6. The summed E-state index contributed by atoms with van der Waals surface area (Å²) < 4.78 is 66.9. The van der Waals surface area contributed by atoms with E-state index in [-0.39, 0.29) is 44.1 Å². The van der Waals surface area contributed by atoms with Crippen LogP contribution >= 0.6 is 23.2 Å². The quantitative estimate of drug-likeness (QED) is 0.0476. The van der Waals surface area contributed by atoms with Gasteiger partial charge in [-0.25, -0.2) is 4.79 Å². The molecule has 0 saturated carbocycles. The number of carbonyl (C=O) groups excluding carboxylic acids is 2. The van der Waals surface area contributed by atoms with Gasteiger partial charge in [0.25, 0.3) is 26.1 Å². The summed E-state index contributed by atoms with van der Waals surface area (Å²) in [6, 6.07) is 17.6. The lowest BCUT2D eigenvalue weighted by Crippen LogP contribution is -2.19. The van der Waals surface area contributed by atoms with Gasteiger partial charge < -0.3 is 26.8 Å². The van der Waals surface area contributed by atoms with E-state index < -0.39 is 47.7 Å². The summed E-state index contributed by atoms with van der Waals surface area (Å²) in [6.07, 6.45) is 0. The Hall–Kier alpha value is -5.30. The standard InChI is InChI=1S/C30H22Cl2N6O9S2/c31-21-8-6-18(12-22(21)32)36-30(41)35-17-4-1-15(2-5-17)29(40)34-19-7-10-24(26(13-19)49(45,46)47)37-38-28-23(33)9-3-16-11-20(48(42,43)44)14-25(39)27(16)28/h1-14,39H,33H2,(H,34,40)(H2,35,36,41)(H,42,43,44)(H,45,46,47). The first-order valence-electron chi connectivity index (χ1n) is 13.5. The molecule has 15 nitrogen and oxygen atoms in total. The maximum atomic E-state index is 12.9. The number of aromatic hydroxyl groups is 1. The molecule has 0 atom stereocenters. The van der Waals surface area contributed by atoms with Gasteiger partial charge in [-0.15, -0.1) is 10.2 Å². The monoisotopic (exact) mass is 744 g/mol. The molecular formula is C30H22Cl2N6O9S2. The highest BCUT2D eigenvalue weighted by Crippen LogP contribution is 2.41. The molecule has 0 spiro atoms. The van der Waals surface area contributed by atoms with Gasteiger partial charge in [0.15, 0.2) is 0 Å². The number of nitrogens with one attached hydrogen (secondary N) is 3. The van der Waals surface area contributed by atoms with E-state index in [1.54, 1.807) is 6.07 Å². The summed E-state index contributed by atoms with van der Waals surface area (Å²) >= 11 is 11.8. The fourth-order valence-corrected chi connectivity index (χ4v) is 5.91. The number of carbonyl (C=O) groups is 2. The number of nitrogens with zero attached hydrogens (tertiary/aromatic N) is 2. The first-order valence-corrected chi connectivity index (χ1v) is 17.1. The van der Waals surface area contributed by atoms with Crippen LogP contribution in [0.5, 0.6) is 5.75 Å². The fourth-order valence-electron chi connectivity index (χ4n) is 4.43. The number of amides is 3. The maximum Gasteiger partial charge on any atom is 0.323 e. The minimum Gasteiger partial charge on any atom is -0.507 e. The number of nitrogen functional groups attached to an aromatic ring is 1. The van der Waals surface area contributed by atoms with E-state index in [2.05, 4.69) is 26.2 Å². The molecule has 5 rings (SSSR count). The first-order chi connectivity index (χ1) is 23.0. The van der Waals surface area contributed by atoms with Gasteiger partial charge in [0.2, 0.25) is 0 Å². The lowest BCUT2D eigenvalue weighted by Gasteiger charge is -2.11. The number of benzene rings is 5. The molecule has 5 aromatic rings. The summed E-state index contributed by atoms with van der Waals surface area (Å²) in [5, 5.41) is 26.6. The predicted molar refractivity (Wildman–Crippen MR) is 184 cm³/mol. The van der Waals surface area contributed by atoms with E-state index in [1.807, 2.05) is 0 Å². The molecule has 49 heavy (non-hydrogen) atoms. The van der Waals surface area contributed by atoms with Crippen molar-refractivity contribution < 1.29 is 40.6 Å². The van der Waals surface area contributed by atoms with Crippen molar-refractivity contribution in [2.75, 3.05) is 21.7 Å². The number of nitrogens with two attached hydrogens (primary N) is 1. The van der Waals surface area contributed by atoms with Crippen LogP contribution in [-0.2, 0) is 20.2 Å². The zero-order chi connectivity index (χ0) is 35.7. The van der Waals surface area contributed by atoms with Crippen molar-refractivity contribution in [2.24, 2.45) is 10.2 Å². The van der Waals surface area contributed by atoms with E-state index in [4.69, 9.17) is 28.9 Å². The third-order valence-corrected chi connectivity index (χ3v) is 9.16.